The number of nitrogens with one attached hydrogen (secondary N) is 1. The van der Waals surface area contributed by atoms with E-state index in [1.165, 1.54) is 11.6 Å². The van der Waals surface area contributed by atoms with E-state index in [0.717, 1.165) is 16.8 Å². The van der Waals surface area contributed by atoms with E-state index in [2.05, 4.69) is 23.5 Å². The summed E-state index contributed by atoms with van der Waals surface area (Å²) < 4.78 is 0. The third kappa shape index (κ3) is 2.99. The van der Waals surface area contributed by atoms with Crippen molar-refractivity contribution in [3.8, 4) is 11.5 Å². The zero-order valence-corrected chi connectivity index (χ0v) is 11.4. The van der Waals surface area contributed by atoms with Crippen LogP contribution in [0.25, 0.3) is 0 Å². The van der Waals surface area contributed by atoms with Crippen LogP contribution in [0.2, 0.25) is 0 Å². The van der Waals surface area contributed by atoms with Gasteiger partial charge in [0.15, 0.2) is 0 Å². The molecule has 2 aromatic carbocycles. The van der Waals surface area contributed by atoms with Gasteiger partial charge in [-0.1, -0.05) is 12.1 Å². The lowest BCUT2D eigenvalue weighted by Gasteiger charge is -2.19. The van der Waals surface area contributed by atoms with E-state index < -0.39 is 0 Å². The molecule has 0 fully saturated rings. The fourth-order valence-electron chi connectivity index (χ4n) is 2.10. The van der Waals surface area contributed by atoms with Crippen molar-refractivity contribution in [1.82, 2.24) is 0 Å². The summed E-state index contributed by atoms with van der Waals surface area (Å²) in [4.78, 5) is 0. The van der Waals surface area contributed by atoms with Crippen LogP contribution < -0.4 is 5.32 Å². The van der Waals surface area contributed by atoms with E-state index in [1.54, 1.807) is 12.1 Å². The lowest BCUT2D eigenvalue weighted by atomic mass is 10.0. The molecular weight excluding hydrogens is 238 g/mol. The SMILES string of the molecule is Cc1ccc(C)c(NC(C)c2ccc(O)cc2O)c1. The average Bonchev–Trinajstić information content (AvgIpc) is 2.33. The molecular formula is C16H19NO2. The molecule has 0 saturated carbocycles. The quantitative estimate of drug-likeness (QED) is 0.782. The van der Waals surface area contributed by atoms with Crippen LogP contribution in [0.4, 0.5) is 5.69 Å². The largest absolute Gasteiger partial charge is 0.508 e. The van der Waals surface area contributed by atoms with Crippen LogP contribution in [-0.4, -0.2) is 10.2 Å². The average molecular weight is 257 g/mol. The van der Waals surface area contributed by atoms with E-state index in [9.17, 15) is 10.2 Å². The van der Waals surface area contributed by atoms with Gasteiger partial charge in [-0.15, -0.1) is 0 Å². The van der Waals surface area contributed by atoms with Crippen LogP contribution in [0.3, 0.4) is 0 Å². The lowest BCUT2D eigenvalue weighted by molar-refractivity contribution is 0.444. The topological polar surface area (TPSA) is 52.5 Å². The Balaban J connectivity index is 2.25. The summed E-state index contributed by atoms with van der Waals surface area (Å²) in [6.45, 7) is 6.08. The maximum Gasteiger partial charge on any atom is 0.124 e. The Bertz CT molecular complexity index is 593. The van der Waals surface area contributed by atoms with Crippen LogP contribution in [0.15, 0.2) is 36.4 Å². The van der Waals surface area contributed by atoms with Crippen molar-refractivity contribution in [3.05, 3.63) is 53.1 Å². The molecule has 0 spiro atoms. The molecule has 3 heteroatoms. The maximum absolute atomic E-state index is 9.86. The monoisotopic (exact) mass is 257 g/mol. The first-order chi connectivity index (χ1) is 8.97. The summed E-state index contributed by atoms with van der Waals surface area (Å²) in [6, 6.07) is 10.9. The molecule has 3 nitrogen and oxygen atoms in total. The minimum Gasteiger partial charge on any atom is -0.508 e. The summed E-state index contributed by atoms with van der Waals surface area (Å²) in [5, 5.41) is 22.6. The van der Waals surface area contributed by atoms with Crippen LogP contribution in [0.5, 0.6) is 11.5 Å². The van der Waals surface area contributed by atoms with E-state index >= 15 is 0 Å². The zero-order valence-electron chi connectivity index (χ0n) is 11.4. The van der Waals surface area contributed by atoms with Gasteiger partial charge in [-0.25, -0.2) is 0 Å². The van der Waals surface area contributed by atoms with E-state index in [1.807, 2.05) is 20.8 Å². The first-order valence-electron chi connectivity index (χ1n) is 6.33. The number of aromatic hydroxyl groups is 2. The van der Waals surface area contributed by atoms with Crippen molar-refractivity contribution in [2.75, 3.05) is 5.32 Å². The number of benzene rings is 2. The number of rotatable bonds is 3. The Morgan fingerprint density at radius 1 is 1.00 bits per heavy atom. The standard InChI is InChI=1S/C16H19NO2/c1-10-4-5-11(2)15(8-10)17-12(3)14-7-6-13(18)9-16(14)19/h4-9,12,17-19H,1-3H3. The highest BCUT2D eigenvalue weighted by molar-refractivity contribution is 5.55. The Morgan fingerprint density at radius 2 is 1.74 bits per heavy atom. The van der Waals surface area contributed by atoms with Gasteiger partial charge >= 0.3 is 0 Å². The molecule has 0 amide bonds. The third-order valence-corrected chi connectivity index (χ3v) is 3.25. The second-order valence-corrected chi connectivity index (χ2v) is 4.93. The van der Waals surface area contributed by atoms with Gasteiger partial charge in [-0.05, 0) is 50.1 Å². The second kappa shape index (κ2) is 5.22. The summed E-state index contributed by atoms with van der Waals surface area (Å²) >= 11 is 0. The number of hydrogen-bond acceptors (Lipinski definition) is 3. The van der Waals surface area contributed by atoms with Gasteiger partial charge in [0.2, 0.25) is 0 Å². The highest BCUT2D eigenvalue weighted by Gasteiger charge is 2.11. The summed E-state index contributed by atoms with van der Waals surface area (Å²) in [5.74, 6) is 0.172. The molecule has 100 valence electrons. The Kier molecular flexibility index (Phi) is 3.65. The Hall–Kier alpha value is -2.16. The highest BCUT2D eigenvalue weighted by atomic mass is 16.3. The van der Waals surface area contributed by atoms with Gasteiger partial charge in [0.05, 0.1) is 6.04 Å². The minimum absolute atomic E-state index is 0.0406. The number of aryl methyl sites for hydroxylation is 2. The predicted molar refractivity (Wildman–Crippen MR) is 77.7 cm³/mol. The molecule has 0 aliphatic rings. The fourth-order valence-corrected chi connectivity index (χ4v) is 2.10. The Labute approximate surface area is 113 Å². The van der Waals surface area contributed by atoms with Gasteiger partial charge < -0.3 is 15.5 Å². The van der Waals surface area contributed by atoms with Crippen LogP contribution >= 0.6 is 0 Å². The van der Waals surface area contributed by atoms with Crippen molar-refractivity contribution in [1.29, 1.82) is 0 Å². The molecule has 2 aromatic rings. The normalized spacial score (nSPS) is 12.2. The highest BCUT2D eigenvalue weighted by Crippen LogP contribution is 2.30. The molecule has 0 aliphatic heterocycles. The van der Waals surface area contributed by atoms with Crippen molar-refractivity contribution in [3.63, 3.8) is 0 Å². The van der Waals surface area contributed by atoms with Gasteiger partial charge in [-0.2, -0.15) is 0 Å². The van der Waals surface area contributed by atoms with Crippen LogP contribution in [-0.2, 0) is 0 Å². The van der Waals surface area contributed by atoms with Crippen molar-refractivity contribution in [2.24, 2.45) is 0 Å². The van der Waals surface area contributed by atoms with Crippen LogP contribution in [0.1, 0.15) is 29.7 Å². The fraction of sp³-hybridized carbons (Fsp3) is 0.250. The second-order valence-electron chi connectivity index (χ2n) is 4.93. The molecule has 19 heavy (non-hydrogen) atoms. The lowest BCUT2D eigenvalue weighted by Crippen LogP contribution is -2.08. The zero-order chi connectivity index (χ0) is 14.0. The smallest absolute Gasteiger partial charge is 0.124 e. The van der Waals surface area contributed by atoms with E-state index in [0.29, 0.717) is 0 Å². The molecule has 2 rings (SSSR count). The number of hydrogen-bond donors (Lipinski definition) is 3. The van der Waals surface area contributed by atoms with Crippen LogP contribution in [0, 0.1) is 13.8 Å². The van der Waals surface area contributed by atoms with Crippen molar-refractivity contribution in [2.45, 2.75) is 26.8 Å². The van der Waals surface area contributed by atoms with Crippen molar-refractivity contribution < 1.29 is 10.2 Å². The molecule has 0 saturated heterocycles. The third-order valence-electron chi connectivity index (χ3n) is 3.25. The maximum atomic E-state index is 9.86. The minimum atomic E-state index is -0.0406. The number of phenolic OH excluding ortho intramolecular Hbond substituents is 2. The van der Waals surface area contributed by atoms with Gasteiger partial charge in [-0.3, -0.25) is 0 Å². The summed E-state index contributed by atoms with van der Waals surface area (Å²) in [6.07, 6.45) is 0. The first kappa shape index (κ1) is 13.3. The van der Waals surface area contributed by atoms with Gasteiger partial charge in [0.25, 0.3) is 0 Å². The van der Waals surface area contributed by atoms with E-state index in [4.69, 9.17) is 0 Å². The molecule has 0 aromatic heterocycles. The molecule has 0 bridgehead atoms. The number of anilines is 1. The molecule has 0 radical (unpaired) electrons. The molecule has 0 heterocycles. The van der Waals surface area contributed by atoms with Crippen molar-refractivity contribution >= 4 is 5.69 Å². The predicted octanol–water partition coefficient (Wildman–Crippen LogP) is 3.89. The molecule has 3 N–H and O–H groups in total. The first-order valence-corrected chi connectivity index (χ1v) is 6.33. The molecule has 1 unspecified atom stereocenters. The molecule has 1 atom stereocenters. The summed E-state index contributed by atoms with van der Waals surface area (Å²) in [7, 11) is 0. The van der Waals surface area contributed by atoms with Gasteiger partial charge in [0.1, 0.15) is 11.5 Å². The summed E-state index contributed by atoms with van der Waals surface area (Å²) in [5.41, 5.74) is 4.17. The Morgan fingerprint density at radius 3 is 2.42 bits per heavy atom. The molecule has 0 aliphatic carbocycles. The van der Waals surface area contributed by atoms with Gasteiger partial charge in [0, 0.05) is 17.3 Å². The van der Waals surface area contributed by atoms with E-state index in [-0.39, 0.29) is 17.5 Å². The number of phenols is 2.